The molecule has 0 bridgehead atoms. The molecule has 0 aliphatic carbocycles. The minimum Gasteiger partial charge on any atom is -0.507 e. The minimum atomic E-state index is -4.46. The van der Waals surface area contributed by atoms with Crippen LogP contribution in [0.25, 0.3) is 11.1 Å². The molecule has 0 heterocycles. The minimum absolute atomic E-state index is 0.132. The van der Waals surface area contributed by atoms with E-state index in [0.29, 0.717) is 17.2 Å². The van der Waals surface area contributed by atoms with E-state index in [-0.39, 0.29) is 16.9 Å². The molecular formula is C21H18F3NO2. The lowest BCUT2D eigenvalue weighted by Crippen LogP contribution is -2.04. The van der Waals surface area contributed by atoms with E-state index in [1.54, 1.807) is 18.2 Å². The van der Waals surface area contributed by atoms with Crippen molar-refractivity contribution < 1.29 is 23.0 Å². The van der Waals surface area contributed by atoms with Crippen molar-refractivity contribution in [3.8, 4) is 28.4 Å². The van der Waals surface area contributed by atoms with E-state index in [9.17, 15) is 18.3 Å². The van der Waals surface area contributed by atoms with Crippen molar-refractivity contribution >= 4 is 5.69 Å². The molecule has 3 rings (SSSR count). The fraction of sp³-hybridized carbons (Fsp3) is 0.143. The van der Waals surface area contributed by atoms with Gasteiger partial charge >= 0.3 is 6.18 Å². The van der Waals surface area contributed by atoms with Gasteiger partial charge in [0.05, 0.1) is 5.56 Å². The lowest BCUT2D eigenvalue weighted by molar-refractivity contribution is -0.137. The third-order valence-electron chi connectivity index (χ3n) is 4.17. The van der Waals surface area contributed by atoms with Crippen LogP contribution in [0.3, 0.4) is 0 Å². The third-order valence-corrected chi connectivity index (χ3v) is 4.17. The van der Waals surface area contributed by atoms with Gasteiger partial charge < -0.3 is 15.6 Å². The molecule has 0 fully saturated rings. The molecule has 6 heteroatoms. The Morgan fingerprint density at radius 3 is 2.22 bits per heavy atom. The highest BCUT2D eigenvalue weighted by Gasteiger charge is 2.30. The number of aromatic hydroxyl groups is 1. The average Bonchev–Trinajstić information content (AvgIpc) is 2.59. The maximum atomic E-state index is 13.0. The van der Waals surface area contributed by atoms with Crippen molar-refractivity contribution in [1.82, 2.24) is 0 Å². The van der Waals surface area contributed by atoms with Crippen molar-refractivity contribution in [1.29, 1.82) is 0 Å². The van der Waals surface area contributed by atoms with Crippen molar-refractivity contribution in [2.24, 2.45) is 0 Å². The molecule has 0 radical (unpaired) electrons. The van der Waals surface area contributed by atoms with Crippen LogP contribution in [0.2, 0.25) is 0 Å². The Kier molecular flexibility index (Phi) is 4.74. The van der Waals surface area contributed by atoms with E-state index in [1.165, 1.54) is 24.3 Å². The Labute approximate surface area is 154 Å². The van der Waals surface area contributed by atoms with Crippen LogP contribution in [-0.4, -0.2) is 5.11 Å². The van der Waals surface area contributed by atoms with Crippen molar-refractivity contribution in [2.45, 2.75) is 20.0 Å². The van der Waals surface area contributed by atoms with E-state index in [2.05, 4.69) is 0 Å². The monoisotopic (exact) mass is 373 g/mol. The van der Waals surface area contributed by atoms with Gasteiger partial charge in [-0.15, -0.1) is 0 Å². The van der Waals surface area contributed by atoms with E-state index in [4.69, 9.17) is 10.5 Å². The zero-order valence-electron chi connectivity index (χ0n) is 14.8. The molecule has 0 amide bonds. The number of anilines is 1. The van der Waals surface area contributed by atoms with Gasteiger partial charge in [0.25, 0.3) is 0 Å². The molecule has 0 atom stereocenters. The molecule has 140 valence electrons. The predicted octanol–water partition coefficient (Wildman–Crippen LogP) is 6.07. The van der Waals surface area contributed by atoms with E-state index < -0.39 is 11.7 Å². The van der Waals surface area contributed by atoms with Gasteiger partial charge in [-0.2, -0.15) is 13.2 Å². The number of nitrogens with two attached hydrogens (primary N) is 1. The Morgan fingerprint density at radius 2 is 1.59 bits per heavy atom. The summed E-state index contributed by atoms with van der Waals surface area (Å²) in [6.07, 6.45) is -4.46. The fourth-order valence-electron chi connectivity index (χ4n) is 2.94. The van der Waals surface area contributed by atoms with Crippen molar-refractivity contribution in [3.63, 3.8) is 0 Å². The molecule has 0 aliphatic rings. The number of hydrogen-bond acceptors (Lipinski definition) is 3. The number of ether oxygens (including phenoxy) is 1. The summed E-state index contributed by atoms with van der Waals surface area (Å²) in [5, 5.41) is 10.1. The fourth-order valence-corrected chi connectivity index (χ4v) is 2.94. The SMILES string of the molecule is Cc1cc(N)cc(C)c1Oc1ccc(O)c(-c2cccc(C(F)(F)F)c2)c1. The molecule has 3 N–H and O–H groups in total. The van der Waals surface area contributed by atoms with Crippen LogP contribution in [0, 0.1) is 13.8 Å². The van der Waals surface area contributed by atoms with E-state index >= 15 is 0 Å². The first-order chi connectivity index (χ1) is 12.6. The number of phenols is 1. The lowest BCUT2D eigenvalue weighted by Gasteiger charge is -2.15. The molecule has 27 heavy (non-hydrogen) atoms. The topological polar surface area (TPSA) is 55.5 Å². The quantitative estimate of drug-likeness (QED) is 0.548. The first kappa shape index (κ1) is 18.6. The molecule has 0 saturated carbocycles. The Hall–Kier alpha value is -3.15. The number of hydrogen-bond donors (Lipinski definition) is 2. The van der Waals surface area contributed by atoms with Gasteiger partial charge in [-0.25, -0.2) is 0 Å². The largest absolute Gasteiger partial charge is 0.507 e. The van der Waals surface area contributed by atoms with Gasteiger partial charge in [0.1, 0.15) is 17.2 Å². The number of phenolic OH excluding ortho intramolecular Hbond substituents is 1. The Balaban J connectivity index is 2.01. The standard InChI is InChI=1S/C21H18F3NO2/c1-12-8-16(25)9-13(2)20(12)27-17-6-7-19(26)18(11-17)14-4-3-5-15(10-14)21(22,23)24/h3-11,26H,25H2,1-2H3. The molecule has 3 aromatic carbocycles. The van der Waals surface area contributed by atoms with Gasteiger partial charge in [0.15, 0.2) is 0 Å². The summed E-state index contributed by atoms with van der Waals surface area (Å²) in [7, 11) is 0. The average molecular weight is 373 g/mol. The molecular weight excluding hydrogens is 355 g/mol. The second kappa shape index (κ2) is 6.87. The number of benzene rings is 3. The second-order valence-corrected chi connectivity index (χ2v) is 6.34. The highest BCUT2D eigenvalue weighted by atomic mass is 19.4. The normalized spacial score (nSPS) is 11.4. The number of alkyl halides is 3. The van der Waals surface area contributed by atoms with E-state index in [0.717, 1.165) is 23.3 Å². The summed E-state index contributed by atoms with van der Waals surface area (Å²) in [5.74, 6) is 0.883. The molecule has 3 nitrogen and oxygen atoms in total. The summed E-state index contributed by atoms with van der Waals surface area (Å²) in [5.41, 5.74) is 7.82. The van der Waals surface area contributed by atoms with Crippen LogP contribution in [0.4, 0.5) is 18.9 Å². The third kappa shape index (κ3) is 4.00. The second-order valence-electron chi connectivity index (χ2n) is 6.34. The Bertz CT molecular complexity index is 974. The molecule has 0 aromatic heterocycles. The van der Waals surface area contributed by atoms with Crippen molar-refractivity contribution in [2.75, 3.05) is 5.73 Å². The maximum Gasteiger partial charge on any atom is 0.416 e. The molecule has 0 saturated heterocycles. The summed E-state index contributed by atoms with van der Waals surface area (Å²) in [4.78, 5) is 0. The summed E-state index contributed by atoms with van der Waals surface area (Å²) in [6.45, 7) is 3.71. The van der Waals surface area contributed by atoms with Gasteiger partial charge in [0, 0.05) is 11.3 Å². The first-order valence-electron chi connectivity index (χ1n) is 8.20. The molecule has 3 aromatic rings. The van der Waals surface area contributed by atoms with Crippen LogP contribution in [0.1, 0.15) is 16.7 Å². The van der Waals surface area contributed by atoms with E-state index in [1.807, 2.05) is 13.8 Å². The maximum absolute atomic E-state index is 13.0. The van der Waals surface area contributed by atoms with Gasteiger partial charge in [-0.05, 0) is 73.0 Å². The van der Waals surface area contributed by atoms with Crippen LogP contribution in [0.15, 0.2) is 54.6 Å². The smallest absolute Gasteiger partial charge is 0.416 e. The highest BCUT2D eigenvalue weighted by molar-refractivity contribution is 5.72. The molecule has 0 unspecified atom stereocenters. The highest BCUT2D eigenvalue weighted by Crippen LogP contribution is 2.38. The van der Waals surface area contributed by atoms with Gasteiger partial charge in [-0.1, -0.05) is 12.1 Å². The predicted molar refractivity (Wildman–Crippen MR) is 98.9 cm³/mol. The zero-order chi connectivity index (χ0) is 19.8. The van der Waals surface area contributed by atoms with Gasteiger partial charge in [0.2, 0.25) is 0 Å². The number of aryl methyl sites for hydroxylation is 2. The Morgan fingerprint density at radius 1 is 0.926 bits per heavy atom. The van der Waals surface area contributed by atoms with Crippen LogP contribution in [-0.2, 0) is 6.18 Å². The summed E-state index contributed by atoms with van der Waals surface area (Å²) in [6, 6.07) is 12.8. The molecule has 0 aliphatic heterocycles. The summed E-state index contributed by atoms with van der Waals surface area (Å²) >= 11 is 0. The number of nitrogen functional groups attached to an aromatic ring is 1. The van der Waals surface area contributed by atoms with Crippen LogP contribution >= 0.6 is 0 Å². The summed E-state index contributed by atoms with van der Waals surface area (Å²) < 4.78 is 44.8. The van der Waals surface area contributed by atoms with Crippen LogP contribution < -0.4 is 10.5 Å². The zero-order valence-corrected chi connectivity index (χ0v) is 14.8. The molecule has 0 spiro atoms. The van der Waals surface area contributed by atoms with Crippen LogP contribution in [0.5, 0.6) is 17.2 Å². The first-order valence-corrected chi connectivity index (χ1v) is 8.20. The number of rotatable bonds is 3. The van der Waals surface area contributed by atoms with Gasteiger partial charge in [-0.3, -0.25) is 0 Å². The lowest BCUT2D eigenvalue weighted by atomic mass is 10.0. The van der Waals surface area contributed by atoms with Crippen molar-refractivity contribution in [3.05, 3.63) is 71.3 Å². The number of halogens is 3.